The van der Waals surface area contributed by atoms with Crippen LogP contribution in [0.2, 0.25) is 0 Å². The lowest BCUT2D eigenvalue weighted by Crippen LogP contribution is -2.15. The predicted octanol–water partition coefficient (Wildman–Crippen LogP) is 3.86. The van der Waals surface area contributed by atoms with Gasteiger partial charge in [-0.15, -0.1) is 11.3 Å². The van der Waals surface area contributed by atoms with Crippen molar-refractivity contribution in [1.82, 2.24) is 5.32 Å². The molecule has 0 atom stereocenters. The molecule has 96 valence electrons. The van der Waals surface area contributed by atoms with Gasteiger partial charge in [-0.05, 0) is 59.6 Å². The van der Waals surface area contributed by atoms with Crippen LogP contribution in [0.15, 0.2) is 34.8 Å². The van der Waals surface area contributed by atoms with Crippen molar-refractivity contribution in [2.45, 2.75) is 19.9 Å². The summed E-state index contributed by atoms with van der Waals surface area (Å²) in [5.41, 5.74) is 1.24. The number of rotatable bonds is 5. The highest BCUT2D eigenvalue weighted by Gasteiger charge is 2.02. The van der Waals surface area contributed by atoms with Crippen LogP contribution in [0.5, 0.6) is 5.75 Å². The molecule has 0 aliphatic heterocycles. The number of hydrogen-bond acceptors (Lipinski definition) is 3. The van der Waals surface area contributed by atoms with Crippen molar-refractivity contribution in [3.05, 3.63) is 50.1 Å². The van der Waals surface area contributed by atoms with E-state index in [4.69, 9.17) is 0 Å². The highest BCUT2D eigenvalue weighted by molar-refractivity contribution is 9.10. The summed E-state index contributed by atoms with van der Waals surface area (Å²) in [5.74, 6) is 0.325. The van der Waals surface area contributed by atoms with Crippen molar-refractivity contribution in [2.75, 3.05) is 6.54 Å². The molecule has 0 unspecified atom stereocenters. The van der Waals surface area contributed by atoms with E-state index in [1.807, 2.05) is 23.5 Å². The van der Waals surface area contributed by atoms with Gasteiger partial charge in [0.15, 0.2) is 0 Å². The van der Waals surface area contributed by atoms with Crippen LogP contribution >= 0.6 is 27.3 Å². The number of nitrogens with one attached hydrogen (secondary N) is 1. The number of phenolic OH excluding ortho intramolecular Hbond substituents is 1. The topological polar surface area (TPSA) is 32.3 Å². The smallest absolute Gasteiger partial charge is 0.115 e. The number of halogens is 1. The zero-order chi connectivity index (χ0) is 13.0. The van der Waals surface area contributed by atoms with E-state index in [1.54, 1.807) is 12.1 Å². The Kier molecular flexibility index (Phi) is 4.80. The number of hydrogen-bond donors (Lipinski definition) is 2. The summed E-state index contributed by atoms with van der Waals surface area (Å²) in [6.45, 7) is 3.98. The van der Waals surface area contributed by atoms with Crippen LogP contribution in [0, 0.1) is 6.92 Å². The molecule has 0 amide bonds. The van der Waals surface area contributed by atoms with E-state index in [0.717, 1.165) is 19.5 Å². The molecule has 0 aliphatic rings. The van der Waals surface area contributed by atoms with Gasteiger partial charge in [0.25, 0.3) is 0 Å². The van der Waals surface area contributed by atoms with Gasteiger partial charge in [0.1, 0.15) is 5.75 Å². The number of thiophene rings is 1. The van der Waals surface area contributed by atoms with Crippen molar-refractivity contribution < 1.29 is 5.11 Å². The summed E-state index contributed by atoms with van der Waals surface area (Å²) in [6.07, 6.45) is 0.978. The highest BCUT2D eigenvalue weighted by Crippen LogP contribution is 2.26. The molecule has 0 radical (unpaired) electrons. The van der Waals surface area contributed by atoms with Gasteiger partial charge in [-0.25, -0.2) is 0 Å². The Hall–Kier alpha value is -0.840. The molecule has 1 aromatic carbocycles. The second-order valence-corrected chi connectivity index (χ2v) is 6.41. The molecule has 1 aromatic heterocycles. The number of phenols is 1. The van der Waals surface area contributed by atoms with Crippen LogP contribution in [-0.2, 0) is 13.0 Å². The summed E-state index contributed by atoms with van der Waals surface area (Å²) in [5, 5.41) is 12.6. The number of aromatic hydroxyl groups is 1. The van der Waals surface area contributed by atoms with Gasteiger partial charge < -0.3 is 10.4 Å². The number of aryl methyl sites for hydroxylation is 1. The molecule has 0 spiro atoms. The van der Waals surface area contributed by atoms with E-state index in [1.165, 1.54) is 19.8 Å². The van der Waals surface area contributed by atoms with Crippen LogP contribution in [-0.4, -0.2) is 11.7 Å². The quantitative estimate of drug-likeness (QED) is 0.818. The number of benzene rings is 1. The first-order valence-electron chi connectivity index (χ1n) is 5.88. The van der Waals surface area contributed by atoms with E-state index in [0.29, 0.717) is 5.75 Å². The maximum Gasteiger partial charge on any atom is 0.115 e. The average Bonchev–Trinajstić information content (AvgIpc) is 2.67. The molecule has 1 heterocycles. The Bertz CT molecular complexity index is 488. The van der Waals surface area contributed by atoms with Crippen molar-refractivity contribution in [2.24, 2.45) is 0 Å². The molecule has 2 N–H and O–H groups in total. The largest absolute Gasteiger partial charge is 0.508 e. The van der Waals surface area contributed by atoms with Crippen molar-refractivity contribution in [1.29, 1.82) is 0 Å². The lowest BCUT2D eigenvalue weighted by atomic mass is 10.1. The molecule has 2 aromatic rings. The minimum Gasteiger partial charge on any atom is -0.508 e. The van der Waals surface area contributed by atoms with Crippen molar-refractivity contribution in [3.8, 4) is 5.75 Å². The first kappa shape index (κ1) is 13.6. The van der Waals surface area contributed by atoms with Crippen LogP contribution in [0.25, 0.3) is 0 Å². The van der Waals surface area contributed by atoms with E-state index in [-0.39, 0.29) is 0 Å². The average molecular weight is 326 g/mol. The Morgan fingerprint density at radius 1 is 1.28 bits per heavy atom. The zero-order valence-electron chi connectivity index (χ0n) is 10.2. The summed E-state index contributed by atoms with van der Waals surface area (Å²) in [7, 11) is 0. The summed E-state index contributed by atoms with van der Waals surface area (Å²) in [6, 6.07) is 9.56. The third-order valence-corrected chi connectivity index (χ3v) is 4.87. The van der Waals surface area contributed by atoms with Gasteiger partial charge in [0, 0.05) is 20.8 Å². The Morgan fingerprint density at radius 3 is 2.61 bits per heavy atom. The lowest BCUT2D eigenvalue weighted by molar-refractivity contribution is 0.475. The van der Waals surface area contributed by atoms with E-state index in [2.05, 4.69) is 34.2 Å². The van der Waals surface area contributed by atoms with Crippen LogP contribution < -0.4 is 5.32 Å². The Morgan fingerprint density at radius 2 is 2.00 bits per heavy atom. The fraction of sp³-hybridized carbons (Fsp3) is 0.286. The first-order chi connectivity index (χ1) is 8.65. The first-order valence-corrected chi connectivity index (χ1v) is 7.49. The molecule has 18 heavy (non-hydrogen) atoms. The van der Waals surface area contributed by atoms with Gasteiger partial charge in [-0.1, -0.05) is 12.1 Å². The van der Waals surface area contributed by atoms with E-state index >= 15 is 0 Å². The van der Waals surface area contributed by atoms with Crippen LogP contribution in [0.4, 0.5) is 0 Å². The second-order valence-electron chi connectivity index (χ2n) is 4.21. The maximum atomic E-state index is 9.19. The standard InChI is InChI=1S/C14H16BrNOS/c1-10-14(15)8-13(18-10)9-16-7-6-11-2-4-12(17)5-3-11/h2-5,8,16-17H,6-7,9H2,1H3. The zero-order valence-corrected chi connectivity index (χ0v) is 12.6. The van der Waals surface area contributed by atoms with Crippen molar-refractivity contribution >= 4 is 27.3 Å². The van der Waals surface area contributed by atoms with Gasteiger partial charge in [-0.2, -0.15) is 0 Å². The molecule has 0 bridgehead atoms. The molecule has 2 rings (SSSR count). The molecule has 0 saturated carbocycles. The molecule has 0 fully saturated rings. The van der Waals surface area contributed by atoms with E-state index in [9.17, 15) is 5.11 Å². The predicted molar refractivity (Wildman–Crippen MR) is 80.3 cm³/mol. The monoisotopic (exact) mass is 325 g/mol. The van der Waals surface area contributed by atoms with Crippen molar-refractivity contribution in [3.63, 3.8) is 0 Å². The molecular weight excluding hydrogens is 310 g/mol. The Labute approximate surface area is 120 Å². The fourth-order valence-corrected chi connectivity index (χ4v) is 3.28. The van der Waals surface area contributed by atoms with Gasteiger partial charge >= 0.3 is 0 Å². The lowest BCUT2D eigenvalue weighted by Gasteiger charge is -2.03. The third-order valence-electron chi connectivity index (χ3n) is 2.73. The SMILES string of the molecule is Cc1sc(CNCCc2ccc(O)cc2)cc1Br. The maximum absolute atomic E-state index is 9.19. The van der Waals surface area contributed by atoms with Gasteiger partial charge in [0.2, 0.25) is 0 Å². The minimum absolute atomic E-state index is 0.325. The molecule has 2 nitrogen and oxygen atoms in total. The molecule has 4 heteroatoms. The Balaban J connectivity index is 1.74. The third kappa shape index (κ3) is 3.83. The molecule has 0 aliphatic carbocycles. The van der Waals surface area contributed by atoms with Crippen LogP contribution in [0.1, 0.15) is 15.3 Å². The fourth-order valence-electron chi connectivity index (χ4n) is 1.71. The summed E-state index contributed by atoms with van der Waals surface area (Å²) in [4.78, 5) is 2.68. The minimum atomic E-state index is 0.325. The molecule has 0 saturated heterocycles. The summed E-state index contributed by atoms with van der Waals surface area (Å²) >= 11 is 5.35. The summed E-state index contributed by atoms with van der Waals surface area (Å²) < 4.78 is 1.20. The molecular formula is C14H16BrNOS. The van der Waals surface area contributed by atoms with E-state index < -0.39 is 0 Å². The normalized spacial score (nSPS) is 10.8. The van der Waals surface area contributed by atoms with Gasteiger partial charge in [-0.3, -0.25) is 0 Å². The second kappa shape index (κ2) is 6.36. The highest BCUT2D eigenvalue weighted by atomic mass is 79.9. The van der Waals surface area contributed by atoms with Gasteiger partial charge in [0.05, 0.1) is 0 Å². The van der Waals surface area contributed by atoms with Crippen LogP contribution in [0.3, 0.4) is 0 Å².